The molecule has 2 heterocycles. The van der Waals surface area contributed by atoms with Crippen LogP contribution in [0, 0.1) is 0 Å². The second-order valence-electron chi connectivity index (χ2n) is 7.44. The van der Waals surface area contributed by atoms with Gasteiger partial charge in [-0.1, -0.05) is 30.0 Å². The van der Waals surface area contributed by atoms with Gasteiger partial charge in [0.05, 0.1) is 25.7 Å². The van der Waals surface area contributed by atoms with Crippen molar-refractivity contribution in [3.05, 3.63) is 60.7 Å². The Labute approximate surface area is 197 Å². The van der Waals surface area contributed by atoms with Gasteiger partial charge in [0.2, 0.25) is 5.91 Å². The Balaban J connectivity index is 1.27. The Morgan fingerprint density at radius 2 is 1.73 bits per heavy atom. The number of hydrogen-bond donors (Lipinski definition) is 1. The van der Waals surface area contributed by atoms with E-state index in [1.165, 1.54) is 11.8 Å². The van der Waals surface area contributed by atoms with E-state index in [2.05, 4.69) is 31.4 Å². The van der Waals surface area contributed by atoms with E-state index < -0.39 is 0 Å². The molecule has 0 saturated carbocycles. The molecular formula is C24H27N5O3S. The number of amides is 1. The predicted molar refractivity (Wildman–Crippen MR) is 132 cm³/mol. The standard InChI is InChI=1S/C24H27N5O3S/c1-31-19-7-5-6-18(16-19)25-23(30)17-33-24-11-10-22(26-27-24)29-14-12-28(13-15-29)20-8-3-4-9-21(20)32-2/h3-11,16H,12-15,17H2,1-2H3,(H,25,30). The third-order valence-electron chi connectivity index (χ3n) is 5.36. The summed E-state index contributed by atoms with van der Waals surface area (Å²) in [4.78, 5) is 16.8. The Morgan fingerprint density at radius 1 is 0.939 bits per heavy atom. The van der Waals surface area contributed by atoms with E-state index in [0.717, 1.165) is 43.4 Å². The van der Waals surface area contributed by atoms with Crippen molar-refractivity contribution in [3.63, 3.8) is 0 Å². The second kappa shape index (κ2) is 10.9. The number of piperazine rings is 1. The molecule has 4 rings (SSSR count). The van der Waals surface area contributed by atoms with Gasteiger partial charge in [-0.25, -0.2) is 0 Å². The third-order valence-corrected chi connectivity index (χ3v) is 6.28. The molecule has 0 spiro atoms. The Hall–Kier alpha value is -3.46. The molecule has 0 atom stereocenters. The molecule has 2 aromatic carbocycles. The largest absolute Gasteiger partial charge is 0.497 e. The molecular weight excluding hydrogens is 438 g/mol. The maximum atomic E-state index is 12.3. The van der Waals surface area contributed by atoms with Gasteiger partial charge in [0.15, 0.2) is 5.82 Å². The van der Waals surface area contributed by atoms with Crippen molar-refractivity contribution in [2.75, 3.05) is 61.3 Å². The van der Waals surface area contributed by atoms with E-state index in [1.54, 1.807) is 20.3 Å². The number of hydrogen-bond acceptors (Lipinski definition) is 8. The first-order valence-electron chi connectivity index (χ1n) is 10.7. The number of carbonyl (C=O) groups is 1. The molecule has 8 nitrogen and oxygen atoms in total. The molecule has 1 N–H and O–H groups in total. The summed E-state index contributed by atoms with van der Waals surface area (Å²) < 4.78 is 10.7. The van der Waals surface area contributed by atoms with Crippen molar-refractivity contribution in [1.29, 1.82) is 0 Å². The molecule has 1 fully saturated rings. The number of benzene rings is 2. The molecule has 1 aliphatic rings. The number of nitrogens with zero attached hydrogens (tertiary/aromatic N) is 4. The number of nitrogens with one attached hydrogen (secondary N) is 1. The minimum atomic E-state index is -0.105. The molecule has 0 unspecified atom stereocenters. The fraction of sp³-hybridized carbons (Fsp3) is 0.292. The Bertz CT molecular complexity index is 1070. The molecule has 0 radical (unpaired) electrons. The fourth-order valence-electron chi connectivity index (χ4n) is 3.66. The highest BCUT2D eigenvalue weighted by atomic mass is 32.2. The quantitative estimate of drug-likeness (QED) is 0.506. The number of rotatable bonds is 8. The predicted octanol–water partition coefficient (Wildman–Crippen LogP) is 3.55. The van der Waals surface area contributed by atoms with E-state index in [1.807, 2.05) is 48.5 Å². The summed E-state index contributed by atoms with van der Waals surface area (Å²) in [6.45, 7) is 3.45. The molecule has 0 bridgehead atoms. The van der Waals surface area contributed by atoms with E-state index in [4.69, 9.17) is 9.47 Å². The first-order chi connectivity index (χ1) is 16.2. The number of thioether (sulfide) groups is 1. The zero-order valence-electron chi connectivity index (χ0n) is 18.7. The summed E-state index contributed by atoms with van der Waals surface area (Å²) in [6.07, 6.45) is 0. The maximum Gasteiger partial charge on any atom is 0.234 e. The monoisotopic (exact) mass is 465 g/mol. The van der Waals surface area contributed by atoms with Gasteiger partial charge in [0.1, 0.15) is 16.5 Å². The molecule has 33 heavy (non-hydrogen) atoms. The molecule has 9 heteroatoms. The zero-order chi connectivity index (χ0) is 23.0. The lowest BCUT2D eigenvalue weighted by molar-refractivity contribution is -0.113. The number of ether oxygens (including phenoxy) is 2. The van der Waals surface area contributed by atoms with Gasteiger partial charge < -0.3 is 24.6 Å². The van der Waals surface area contributed by atoms with E-state index in [9.17, 15) is 4.79 Å². The second-order valence-corrected chi connectivity index (χ2v) is 8.44. The van der Waals surface area contributed by atoms with E-state index in [-0.39, 0.29) is 11.7 Å². The van der Waals surface area contributed by atoms with E-state index >= 15 is 0 Å². The molecule has 1 saturated heterocycles. The first-order valence-corrected chi connectivity index (χ1v) is 11.7. The highest BCUT2D eigenvalue weighted by molar-refractivity contribution is 7.99. The molecule has 172 valence electrons. The number of carbonyl (C=O) groups excluding carboxylic acids is 1. The van der Waals surface area contributed by atoms with Crippen LogP contribution in [-0.2, 0) is 4.79 Å². The van der Waals surface area contributed by atoms with Crippen molar-refractivity contribution in [1.82, 2.24) is 10.2 Å². The van der Waals surface area contributed by atoms with Crippen molar-refractivity contribution >= 4 is 34.9 Å². The summed E-state index contributed by atoms with van der Waals surface area (Å²) in [6, 6.07) is 19.2. The lowest BCUT2D eigenvalue weighted by Gasteiger charge is -2.37. The van der Waals surface area contributed by atoms with Gasteiger partial charge in [-0.3, -0.25) is 4.79 Å². The minimum absolute atomic E-state index is 0.105. The lowest BCUT2D eigenvalue weighted by atomic mass is 10.2. The zero-order valence-corrected chi connectivity index (χ0v) is 19.5. The summed E-state index contributed by atoms with van der Waals surface area (Å²) >= 11 is 1.36. The van der Waals surface area contributed by atoms with Gasteiger partial charge in [-0.05, 0) is 36.4 Å². The summed E-state index contributed by atoms with van der Waals surface area (Å²) in [5.41, 5.74) is 1.82. The molecule has 3 aromatic rings. The highest BCUT2D eigenvalue weighted by Gasteiger charge is 2.20. The number of aromatic nitrogens is 2. The first kappa shape index (κ1) is 22.7. The van der Waals surface area contributed by atoms with Crippen LogP contribution in [-0.4, -0.2) is 62.3 Å². The average molecular weight is 466 g/mol. The maximum absolute atomic E-state index is 12.3. The van der Waals surface area contributed by atoms with Crippen LogP contribution in [0.1, 0.15) is 0 Å². The van der Waals surface area contributed by atoms with Crippen LogP contribution >= 0.6 is 11.8 Å². The topological polar surface area (TPSA) is 79.8 Å². The van der Waals surface area contributed by atoms with Crippen LogP contribution < -0.4 is 24.6 Å². The van der Waals surface area contributed by atoms with Gasteiger partial charge in [0, 0.05) is 37.9 Å². The van der Waals surface area contributed by atoms with Crippen LogP contribution in [0.25, 0.3) is 0 Å². The van der Waals surface area contributed by atoms with Crippen molar-refractivity contribution < 1.29 is 14.3 Å². The molecule has 1 aliphatic heterocycles. The fourth-order valence-corrected chi connectivity index (χ4v) is 4.28. The smallest absolute Gasteiger partial charge is 0.234 e. The number of para-hydroxylation sites is 2. The SMILES string of the molecule is COc1cccc(NC(=O)CSc2ccc(N3CCN(c4ccccc4OC)CC3)nn2)c1. The van der Waals surface area contributed by atoms with Crippen LogP contribution in [0.5, 0.6) is 11.5 Å². The highest BCUT2D eigenvalue weighted by Crippen LogP contribution is 2.29. The van der Waals surface area contributed by atoms with Crippen molar-refractivity contribution in [3.8, 4) is 11.5 Å². The van der Waals surface area contributed by atoms with Gasteiger partial charge in [-0.2, -0.15) is 0 Å². The average Bonchev–Trinajstić information content (AvgIpc) is 2.88. The van der Waals surface area contributed by atoms with Crippen molar-refractivity contribution in [2.45, 2.75) is 5.03 Å². The normalized spacial score (nSPS) is 13.5. The Morgan fingerprint density at radius 3 is 2.45 bits per heavy atom. The van der Waals surface area contributed by atoms with Crippen LogP contribution in [0.3, 0.4) is 0 Å². The van der Waals surface area contributed by atoms with Gasteiger partial charge >= 0.3 is 0 Å². The summed E-state index contributed by atoms with van der Waals surface area (Å²) in [5, 5.41) is 12.3. The number of anilines is 3. The van der Waals surface area contributed by atoms with Gasteiger partial charge in [-0.15, -0.1) is 10.2 Å². The molecule has 1 amide bonds. The summed E-state index contributed by atoms with van der Waals surface area (Å²) in [7, 11) is 3.30. The minimum Gasteiger partial charge on any atom is -0.497 e. The van der Waals surface area contributed by atoms with Crippen LogP contribution in [0.15, 0.2) is 65.7 Å². The third kappa shape index (κ3) is 5.87. The van der Waals surface area contributed by atoms with Gasteiger partial charge in [0.25, 0.3) is 0 Å². The molecule has 1 aromatic heterocycles. The van der Waals surface area contributed by atoms with Crippen LogP contribution in [0.2, 0.25) is 0 Å². The molecule has 0 aliphatic carbocycles. The van der Waals surface area contributed by atoms with Crippen molar-refractivity contribution in [2.24, 2.45) is 0 Å². The lowest BCUT2D eigenvalue weighted by Crippen LogP contribution is -2.47. The number of methoxy groups -OCH3 is 2. The van der Waals surface area contributed by atoms with E-state index in [0.29, 0.717) is 16.5 Å². The Kier molecular flexibility index (Phi) is 7.51. The summed E-state index contributed by atoms with van der Waals surface area (Å²) in [5.74, 6) is 2.59. The van der Waals surface area contributed by atoms with Crippen LogP contribution in [0.4, 0.5) is 17.2 Å².